The summed E-state index contributed by atoms with van der Waals surface area (Å²) in [7, 11) is 0. The number of likely N-dealkylation sites (tertiary alicyclic amines) is 1. The Morgan fingerprint density at radius 2 is 1.59 bits per heavy atom. The fourth-order valence-electron chi connectivity index (χ4n) is 3.65. The van der Waals surface area contributed by atoms with Gasteiger partial charge in [0.05, 0.1) is 19.1 Å². The highest BCUT2D eigenvalue weighted by molar-refractivity contribution is 6.03. The normalized spacial score (nSPS) is 16.4. The van der Waals surface area contributed by atoms with Crippen molar-refractivity contribution in [3.8, 4) is 11.5 Å². The van der Waals surface area contributed by atoms with E-state index in [1.54, 1.807) is 0 Å². The van der Waals surface area contributed by atoms with E-state index >= 15 is 0 Å². The molecule has 2 amide bonds. The highest BCUT2D eigenvalue weighted by Gasteiger charge is 2.37. The van der Waals surface area contributed by atoms with Crippen molar-refractivity contribution in [2.24, 2.45) is 5.92 Å². The van der Waals surface area contributed by atoms with Crippen LogP contribution in [0.5, 0.6) is 11.5 Å². The van der Waals surface area contributed by atoms with E-state index in [0.717, 1.165) is 11.1 Å². The van der Waals surface area contributed by atoms with Gasteiger partial charge >= 0.3 is 0 Å². The number of hydrogen-bond acceptors (Lipinski definition) is 4. The summed E-state index contributed by atoms with van der Waals surface area (Å²) in [6, 6.07) is 13.9. The van der Waals surface area contributed by atoms with Gasteiger partial charge in [0.1, 0.15) is 0 Å². The van der Waals surface area contributed by atoms with Gasteiger partial charge in [0.15, 0.2) is 11.5 Å². The molecule has 1 fully saturated rings. The van der Waals surface area contributed by atoms with Gasteiger partial charge in [0, 0.05) is 13.0 Å². The molecular formula is C24H29NO4. The Labute approximate surface area is 172 Å². The molecule has 0 aliphatic carbocycles. The standard InChI is InChI=1S/C24H29NO4/c1-4-28-21-11-10-19(15-22(21)29-5-2)12-13-25-23(26)16-20(24(25)27)14-18-8-6-17(3)7-9-18/h6-11,15,20H,4-5,12-14,16H2,1-3H3. The third-order valence-corrected chi connectivity index (χ3v) is 5.17. The Morgan fingerprint density at radius 1 is 0.931 bits per heavy atom. The van der Waals surface area contributed by atoms with Gasteiger partial charge in [-0.15, -0.1) is 0 Å². The number of carbonyl (C=O) groups is 2. The third-order valence-electron chi connectivity index (χ3n) is 5.17. The molecule has 1 atom stereocenters. The van der Waals surface area contributed by atoms with Gasteiger partial charge in [0.2, 0.25) is 11.8 Å². The lowest BCUT2D eigenvalue weighted by Crippen LogP contribution is -2.33. The summed E-state index contributed by atoms with van der Waals surface area (Å²) in [5.74, 6) is 1.01. The topological polar surface area (TPSA) is 55.8 Å². The average Bonchev–Trinajstić information content (AvgIpc) is 2.97. The van der Waals surface area contributed by atoms with Gasteiger partial charge < -0.3 is 9.47 Å². The fourth-order valence-corrected chi connectivity index (χ4v) is 3.65. The summed E-state index contributed by atoms with van der Waals surface area (Å²) in [5.41, 5.74) is 3.29. The zero-order valence-electron chi connectivity index (χ0n) is 17.4. The van der Waals surface area contributed by atoms with Gasteiger partial charge in [-0.25, -0.2) is 0 Å². The molecule has 0 N–H and O–H groups in total. The summed E-state index contributed by atoms with van der Waals surface area (Å²) >= 11 is 0. The molecule has 0 bridgehead atoms. The number of hydrogen-bond donors (Lipinski definition) is 0. The molecule has 1 saturated heterocycles. The van der Waals surface area contributed by atoms with Crippen molar-refractivity contribution in [3.63, 3.8) is 0 Å². The summed E-state index contributed by atoms with van der Waals surface area (Å²) in [4.78, 5) is 26.6. The molecule has 1 heterocycles. The first-order valence-electron chi connectivity index (χ1n) is 10.3. The number of benzene rings is 2. The zero-order valence-corrected chi connectivity index (χ0v) is 17.4. The van der Waals surface area contributed by atoms with Crippen LogP contribution in [0.2, 0.25) is 0 Å². The first kappa shape index (κ1) is 20.9. The van der Waals surface area contributed by atoms with Crippen LogP contribution in [0.25, 0.3) is 0 Å². The maximum Gasteiger partial charge on any atom is 0.233 e. The van der Waals surface area contributed by atoms with E-state index in [4.69, 9.17) is 9.47 Å². The second-order valence-electron chi connectivity index (χ2n) is 7.37. The minimum atomic E-state index is -0.260. The van der Waals surface area contributed by atoms with Crippen LogP contribution in [0.3, 0.4) is 0 Å². The molecule has 0 radical (unpaired) electrons. The second-order valence-corrected chi connectivity index (χ2v) is 7.37. The van der Waals surface area contributed by atoms with Crippen molar-refractivity contribution in [1.82, 2.24) is 4.90 Å². The van der Waals surface area contributed by atoms with Crippen LogP contribution < -0.4 is 9.47 Å². The van der Waals surface area contributed by atoms with Crippen LogP contribution in [0, 0.1) is 12.8 Å². The fraction of sp³-hybridized carbons (Fsp3) is 0.417. The highest BCUT2D eigenvalue weighted by atomic mass is 16.5. The molecule has 1 unspecified atom stereocenters. The number of rotatable bonds is 9. The highest BCUT2D eigenvalue weighted by Crippen LogP contribution is 2.29. The van der Waals surface area contributed by atoms with E-state index in [1.807, 2.05) is 63.2 Å². The number of nitrogens with zero attached hydrogens (tertiary/aromatic N) is 1. The van der Waals surface area contributed by atoms with Crippen LogP contribution in [0.1, 0.15) is 37.0 Å². The number of ether oxygens (including phenoxy) is 2. The number of amides is 2. The van der Waals surface area contributed by atoms with Crippen LogP contribution >= 0.6 is 0 Å². The van der Waals surface area contributed by atoms with Gasteiger partial charge in [-0.2, -0.15) is 0 Å². The lowest BCUT2D eigenvalue weighted by molar-refractivity contribution is -0.139. The Hall–Kier alpha value is -2.82. The van der Waals surface area contributed by atoms with E-state index in [9.17, 15) is 9.59 Å². The Morgan fingerprint density at radius 3 is 2.28 bits per heavy atom. The first-order chi connectivity index (χ1) is 14.0. The first-order valence-corrected chi connectivity index (χ1v) is 10.3. The molecule has 5 heteroatoms. The predicted octanol–water partition coefficient (Wildman–Crippen LogP) is 3.95. The molecule has 1 aliphatic heterocycles. The molecule has 2 aromatic rings. The van der Waals surface area contributed by atoms with Crippen molar-refractivity contribution in [2.45, 2.75) is 40.0 Å². The summed E-state index contributed by atoms with van der Waals surface area (Å²) in [6.07, 6.45) is 1.50. The van der Waals surface area contributed by atoms with Crippen LogP contribution in [0.4, 0.5) is 0 Å². The molecule has 0 spiro atoms. The number of carbonyl (C=O) groups excluding carboxylic acids is 2. The second kappa shape index (κ2) is 9.59. The summed E-state index contributed by atoms with van der Waals surface area (Å²) in [5, 5.41) is 0. The maximum absolute atomic E-state index is 12.8. The van der Waals surface area contributed by atoms with Crippen molar-refractivity contribution in [2.75, 3.05) is 19.8 Å². The van der Waals surface area contributed by atoms with Gasteiger partial charge in [-0.05, 0) is 56.9 Å². The smallest absolute Gasteiger partial charge is 0.233 e. The van der Waals surface area contributed by atoms with E-state index in [-0.39, 0.29) is 17.7 Å². The Bertz CT molecular complexity index is 860. The molecular weight excluding hydrogens is 366 g/mol. The van der Waals surface area contributed by atoms with Gasteiger partial charge in [-0.3, -0.25) is 14.5 Å². The molecule has 0 saturated carbocycles. The largest absolute Gasteiger partial charge is 0.490 e. The van der Waals surface area contributed by atoms with E-state index in [0.29, 0.717) is 50.5 Å². The SMILES string of the molecule is CCOc1ccc(CCN2C(=O)CC(Cc3ccc(C)cc3)C2=O)cc1OCC. The average molecular weight is 395 g/mol. The predicted molar refractivity (Wildman–Crippen MR) is 112 cm³/mol. The quantitative estimate of drug-likeness (QED) is 0.603. The summed E-state index contributed by atoms with van der Waals surface area (Å²) in [6.45, 7) is 7.40. The minimum Gasteiger partial charge on any atom is -0.490 e. The molecule has 3 rings (SSSR count). The maximum atomic E-state index is 12.8. The van der Waals surface area contributed by atoms with Crippen LogP contribution in [-0.4, -0.2) is 36.5 Å². The van der Waals surface area contributed by atoms with Crippen molar-refractivity contribution >= 4 is 11.8 Å². The van der Waals surface area contributed by atoms with Crippen LogP contribution in [-0.2, 0) is 22.4 Å². The lowest BCUT2D eigenvalue weighted by atomic mass is 9.97. The molecule has 2 aromatic carbocycles. The van der Waals surface area contributed by atoms with Crippen molar-refractivity contribution in [3.05, 3.63) is 59.2 Å². The van der Waals surface area contributed by atoms with Crippen molar-refractivity contribution < 1.29 is 19.1 Å². The van der Waals surface area contributed by atoms with Crippen molar-refractivity contribution in [1.29, 1.82) is 0 Å². The summed E-state index contributed by atoms with van der Waals surface area (Å²) < 4.78 is 11.3. The van der Waals surface area contributed by atoms with Crippen LogP contribution in [0.15, 0.2) is 42.5 Å². The Balaban J connectivity index is 1.63. The molecule has 0 aromatic heterocycles. The lowest BCUT2D eigenvalue weighted by Gasteiger charge is -2.16. The third kappa shape index (κ3) is 5.17. The molecule has 5 nitrogen and oxygen atoms in total. The Kier molecular flexibility index (Phi) is 6.91. The van der Waals surface area contributed by atoms with Gasteiger partial charge in [-0.1, -0.05) is 35.9 Å². The van der Waals surface area contributed by atoms with E-state index < -0.39 is 0 Å². The van der Waals surface area contributed by atoms with E-state index in [1.165, 1.54) is 10.5 Å². The van der Waals surface area contributed by atoms with E-state index in [2.05, 4.69) is 0 Å². The minimum absolute atomic E-state index is 0.0634. The zero-order chi connectivity index (χ0) is 20.8. The molecule has 29 heavy (non-hydrogen) atoms. The molecule has 1 aliphatic rings. The monoisotopic (exact) mass is 395 g/mol. The number of imide groups is 1. The van der Waals surface area contributed by atoms with Gasteiger partial charge in [0.25, 0.3) is 0 Å². The molecule has 154 valence electrons. The number of aryl methyl sites for hydroxylation is 1.